The van der Waals surface area contributed by atoms with E-state index in [4.69, 9.17) is 5.26 Å². The van der Waals surface area contributed by atoms with E-state index in [1.807, 2.05) is 20.8 Å². The molecular weight excluding hydrogens is 228 g/mol. The fourth-order valence-corrected chi connectivity index (χ4v) is 1.63. The number of hydrogen-bond donors (Lipinski definition) is 1. The number of nitrogens with one attached hydrogen (secondary N) is 1. The number of aromatic nitrogens is 2. The van der Waals surface area contributed by atoms with Gasteiger partial charge in [-0.25, -0.2) is 0 Å². The molecule has 0 aliphatic rings. The van der Waals surface area contributed by atoms with Crippen molar-refractivity contribution in [3.05, 3.63) is 23.8 Å². The van der Waals surface area contributed by atoms with Crippen LogP contribution in [0.25, 0.3) is 0 Å². The summed E-state index contributed by atoms with van der Waals surface area (Å²) >= 11 is 0. The van der Waals surface area contributed by atoms with Crippen molar-refractivity contribution >= 4 is 5.91 Å². The van der Waals surface area contributed by atoms with Crippen LogP contribution in [0.15, 0.2) is 12.4 Å². The van der Waals surface area contributed by atoms with Gasteiger partial charge in [0.1, 0.15) is 5.41 Å². The average molecular weight is 246 g/mol. The molecule has 0 saturated carbocycles. The minimum atomic E-state index is -0.932. The number of rotatable bonds is 5. The van der Waals surface area contributed by atoms with Crippen LogP contribution in [-0.2, 0) is 11.3 Å². The summed E-state index contributed by atoms with van der Waals surface area (Å²) in [6, 6.07) is 2.11. The van der Waals surface area contributed by atoms with E-state index in [1.54, 1.807) is 12.4 Å². The first-order chi connectivity index (χ1) is 8.57. The molecule has 1 aromatic heterocycles. The first-order valence-electron chi connectivity index (χ1n) is 6.05. The molecule has 1 N–H and O–H groups in total. The topological polar surface area (TPSA) is 78.7 Å². The second-order valence-electron chi connectivity index (χ2n) is 4.23. The number of aryl methyl sites for hydroxylation is 1. The highest BCUT2D eigenvalue weighted by Crippen LogP contribution is 2.25. The summed E-state index contributed by atoms with van der Waals surface area (Å²) in [6.07, 6.45) is 4.29. The normalized spacial score (nSPS) is 10.8. The van der Waals surface area contributed by atoms with E-state index in [9.17, 15) is 4.79 Å². The number of carbonyl (C=O) groups excluding carboxylic acids is 1. The highest BCUT2D eigenvalue weighted by atomic mass is 16.2. The number of amides is 1. The average Bonchev–Trinajstić information content (AvgIpc) is 2.41. The number of carbonyl (C=O) groups is 1. The maximum atomic E-state index is 12.0. The zero-order valence-electron chi connectivity index (χ0n) is 11.0. The largest absolute Gasteiger partial charge is 0.349 e. The van der Waals surface area contributed by atoms with Gasteiger partial charge in [0.05, 0.1) is 30.2 Å². The molecule has 1 rings (SSSR count). The van der Waals surface area contributed by atoms with Gasteiger partial charge < -0.3 is 5.32 Å². The van der Waals surface area contributed by atoms with Crippen molar-refractivity contribution in [2.45, 2.75) is 40.2 Å². The Hall–Kier alpha value is -1.96. The Kier molecular flexibility index (Phi) is 4.78. The van der Waals surface area contributed by atoms with Crippen LogP contribution in [0.1, 0.15) is 38.1 Å². The summed E-state index contributed by atoms with van der Waals surface area (Å²) in [6.45, 7) is 5.84. The lowest BCUT2D eigenvalue weighted by molar-refractivity contribution is -0.128. The van der Waals surface area contributed by atoms with E-state index in [0.29, 0.717) is 25.1 Å². The Labute approximate surface area is 107 Å². The van der Waals surface area contributed by atoms with Gasteiger partial charge >= 0.3 is 0 Å². The van der Waals surface area contributed by atoms with Crippen molar-refractivity contribution in [3.63, 3.8) is 0 Å². The smallest absolute Gasteiger partial charge is 0.240 e. The molecule has 0 atom stereocenters. The highest BCUT2D eigenvalue weighted by Gasteiger charge is 2.34. The molecular formula is C13H18N4O. The lowest BCUT2D eigenvalue weighted by Gasteiger charge is -2.21. The van der Waals surface area contributed by atoms with Crippen molar-refractivity contribution in [2.24, 2.45) is 5.41 Å². The molecule has 1 heterocycles. The molecule has 0 aromatic carbocycles. The highest BCUT2D eigenvalue weighted by molar-refractivity contribution is 5.85. The van der Waals surface area contributed by atoms with Gasteiger partial charge in [0.2, 0.25) is 5.91 Å². The van der Waals surface area contributed by atoms with Gasteiger partial charge in [-0.05, 0) is 19.8 Å². The van der Waals surface area contributed by atoms with E-state index in [0.717, 1.165) is 5.69 Å². The summed E-state index contributed by atoms with van der Waals surface area (Å²) in [5, 5.41) is 11.9. The Bertz CT molecular complexity index is 443. The Morgan fingerprint density at radius 2 is 2.06 bits per heavy atom. The molecule has 0 aliphatic heterocycles. The lowest BCUT2D eigenvalue weighted by atomic mass is 9.83. The minimum absolute atomic E-state index is 0.239. The maximum absolute atomic E-state index is 12.0. The van der Waals surface area contributed by atoms with Gasteiger partial charge in [-0.2, -0.15) is 5.26 Å². The quantitative estimate of drug-likeness (QED) is 0.858. The van der Waals surface area contributed by atoms with Crippen molar-refractivity contribution in [2.75, 3.05) is 0 Å². The maximum Gasteiger partial charge on any atom is 0.240 e. The molecule has 5 nitrogen and oxygen atoms in total. The number of nitriles is 1. The van der Waals surface area contributed by atoms with E-state index >= 15 is 0 Å². The Morgan fingerprint density at radius 3 is 2.50 bits per heavy atom. The molecule has 1 aromatic rings. The predicted octanol–water partition coefficient (Wildman–Crippen LogP) is 1.73. The molecule has 5 heteroatoms. The second-order valence-corrected chi connectivity index (χ2v) is 4.23. The van der Waals surface area contributed by atoms with Gasteiger partial charge in [0.15, 0.2) is 0 Å². The van der Waals surface area contributed by atoms with Crippen LogP contribution in [0.5, 0.6) is 0 Å². The fourth-order valence-electron chi connectivity index (χ4n) is 1.63. The van der Waals surface area contributed by atoms with E-state index < -0.39 is 5.41 Å². The standard InChI is InChI=1S/C13H18N4O/c1-4-13(5-2,9-14)12(18)17-8-11-7-15-10(3)6-16-11/h6-7H,4-5,8H2,1-3H3,(H,17,18). The third kappa shape index (κ3) is 3.04. The molecule has 0 radical (unpaired) electrons. The Morgan fingerprint density at radius 1 is 1.39 bits per heavy atom. The van der Waals surface area contributed by atoms with Gasteiger partial charge in [-0.15, -0.1) is 0 Å². The summed E-state index contributed by atoms with van der Waals surface area (Å²) < 4.78 is 0. The first kappa shape index (κ1) is 14.1. The van der Waals surface area contributed by atoms with Crippen molar-refractivity contribution in [1.82, 2.24) is 15.3 Å². The van der Waals surface area contributed by atoms with Crippen LogP contribution in [-0.4, -0.2) is 15.9 Å². The number of hydrogen-bond acceptors (Lipinski definition) is 4. The summed E-state index contributed by atoms with van der Waals surface area (Å²) in [4.78, 5) is 20.3. The molecule has 0 spiro atoms. The van der Waals surface area contributed by atoms with Crippen LogP contribution in [0.3, 0.4) is 0 Å². The van der Waals surface area contributed by atoms with Gasteiger partial charge in [0, 0.05) is 6.20 Å². The second kappa shape index (κ2) is 6.10. The molecule has 0 saturated heterocycles. The van der Waals surface area contributed by atoms with Crippen LogP contribution in [0, 0.1) is 23.7 Å². The SMILES string of the molecule is CCC(C#N)(CC)C(=O)NCc1cnc(C)cn1. The lowest BCUT2D eigenvalue weighted by Crippen LogP contribution is -2.39. The third-order valence-electron chi connectivity index (χ3n) is 3.12. The van der Waals surface area contributed by atoms with E-state index in [1.165, 1.54) is 0 Å². The molecule has 18 heavy (non-hydrogen) atoms. The van der Waals surface area contributed by atoms with Crippen molar-refractivity contribution in [3.8, 4) is 6.07 Å². The summed E-state index contributed by atoms with van der Waals surface area (Å²) in [7, 11) is 0. The van der Waals surface area contributed by atoms with Gasteiger partial charge in [-0.1, -0.05) is 13.8 Å². The van der Waals surface area contributed by atoms with Gasteiger partial charge in [-0.3, -0.25) is 14.8 Å². The first-order valence-corrected chi connectivity index (χ1v) is 6.05. The monoisotopic (exact) mass is 246 g/mol. The minimum Gasteiger partial charge on any atom is -0.349 e. The van der Waals surface area contributed by atoms with Crippen LogP contribution in [0.2, 0.25) is 0 Å². The van der Waals surface area contributed by atoms with Crippen molar-refractivity contribution < 1.29 is 4.79 Å². The van der Waals surface area contributed by atoms with Crippen molar-refractivity contribution in [1.29, 1.82) is 5.26 Å². The summed E-state index contributed by atoms with van der Waals surface area (Å²) in [5.41, 5.74) is 0.588. The third-order valence-corrected chi connectivity index (χ3v) is 3.12. The zero-order chi connectivity index (χ0) is 13.6. The van der Waals surface area contributed by atoms with E-state index in [-0.39, 0.29) is 5.91 Å². The van der Waals surface area contributed by atoms with Crippen LogP contribution in [0.4, 0.5) is 0 Å². The Balaban J connectivity index is 2.66. The summed E-state index contributed by atoms with van der Waals surface area (Å²) in [5.74, 6) is -0.239. The predicted molar refractivity (Wildman–Crippen MR) is 67.2 cm³/mol. The van der Waals surface area contributed by atoms with E-state index in [2.05, 4.69) is 21.4 Å². The zero-order valence-corrected chi connectivity index (χ0v) is 11.0. The molecule has 1 amide bonds. The fraction of sp³-hybridized carbons (Fsp3) is 0.538. The molecule has 0 unspecified atom stereocenters. The molecule has 0 aliphatic carbocycles. The van der Waals surface area contributed by atoms with Gasteiger partial charge in [0.25, 0.3) is 0 Å². The molecule has 0 fully saturated rings. The number of nitrogens with zero attached hydrogens (tertiary/aromatic N) is 3. The van der Waals surface area contributed by atoms with Crippen LogP contribution < -0.4 is 5.32 Å². The van der Waals surface area contributed by atoms with Crippen LogP contribution >= 0.6 is 0 Å². The molecule has 0 bridgehead atoms. The molecule has 96 valence electrons.